The van der Waals surface area contributed by atoms with Crippen LogP contribution in [0.3, 0.4) is 0 Å². The summed E-state index contributed by atoms with van der Waals surface area (Å²) in [7, 11) is 0. The van der Waals surface area contributed by atoms with Crippen molar-refractivity contribution < 1.29 is 9.52 Å². The van der Waals surface area contributed by atoms with Crippen LogP contribution in [0.15, 0.2) is 21.7 Å². The van der Waals surface area contributed by atoms with Gasteiger partial charge < -0.3 is 9.52 Å². The second-order valence-electron chi connectivity index (χ2n) is 1.43. The average molecular weight is 147 g/mol. The Kier molecular flexibility index (Phi) is 1.44. The molecule has 0 aliphatic rings. The zero-order valence-electron chi connectivity index (χ0n) is 4.30. The van der Waals surface area contributed by atoms with Crippen molar-refractivity contribution in [3.8, 4) is 5.75 Å². The van der Waals surface area contributed by atoms with E-state index in [0.29, 0.717) is 0 Å². The molecular weight excluding hydrogens is 144 g/mol. The molecule has 4 heteroatoms. The van der Waals surface area contributed by atoms with Crippen molar-refractivity contribution in [2.75, 3.05) is 0 Å². The van der Waals surface area contributed by atoms with Crippen LogP contribution in [-0.4, -0.2) is 5.11 Å². The molecule has 0 aliphatic heterocycles. The van der Waals surface area contributed by atoms with Gasteiger partial charge in [0.05, 0.1) is 0 Å². The summed E-state index contributed by atoms with van der Waals surface area (Å²) in [6.07, 6.45) is 1.98. The van der Waals surface area contributed by atoms with Gasteiger partial charge in [-0.3, -0.25) is 4.79 Å². The van der Waals surface area contributed by atoms with Gasteiger partial charge in [-0.2, -0.15) is 0 Å². The molecule has 1 heterocycles. The van der Waals surface area contributed by atoms with E-state index in [1.54, 1.807) is 0 Å². The highest BCUT2D eigenvalue weighted by Gasteiger charge is 1.99. The van der Waals surface area contributed by atoms with Gasteiger partial charge in [-0.1, -0.05) is 11.6 Å². The fourth-order valence-electron chi connectivity index (χ4n) is 0.388. The molecule has 3 nitrogen and oxygen atoms in total. The molecule has 0 saturated heterocycles. The fourth-order valence-corrected chi connectivity index (χ4v) is 0.536. The Morgan fingerprint density at radius 1 is 1.56 bits per heavy atom. The van der Waals surface area contributed by atoms with Gasteiger partial charge in [0.15, 0.2) is 0 Å². The van der Waals surface area contributed by atoms with Crippen LogP contribution >= 0.6 is 11.6 Å². The summed E-state index contributed by atoms with van der Waals surface area (Å²) in [6, 6.07) is 0. The minimum atomic E-state index is -0.608. The van der Waals surface area contributed by atoms with Crippen molar-refractivity contribution in [2.45, 2.75) is 0 Å². The van der Waals surface area contributed by atoms with Crippen molar-refractivity contribution in [1.29, 1.82) is 0 Å². The Hall–Kier alpha value is -0.960. The maximum absolute atomic E-state index is 10.5. The summed E-state index contributed by atoms with van der Waals surface area (Å²) >= 11 is 5.25. The molecule has 1 aromatic heterocycles. The molecule has 0 spiro atoms. The minimum Gasteiger partial charge on any atom is -0.502 e. The second kappa shape index (κ2) is 2.11. The van der Waals surface area contributed by atoms with Crippen molar-refractivity contribution in [2.24, 2.45) is 0 Å². The first kappa shape index (κ1) is 6.16. The lowest BCUT2D eigenvalue weighted by atomic mass is 10.5. The van der Waals surface area contributed by atoms with Crippen LogP contribution in [0.1, 0.15) is 0 Å². The number of hydrogen-bond acceptors (Lipinski definition) is 3. The van der Waals surface area contributed by atoms with Crippen molar-refractivity contribution in [1.82, 2.24) is 0 Å². The van der Waals surface area contributed by atoms with Crippen molar-refractivity contribution in [3.63, 3.8) is 0 Å². The molecular formula is C5H3ClO3. The molecule has 0 saturated carbocycles. The van der Waals surface area contributed by atoms with Crippen LogP contribution in [0.2, 0.25) is 5.02 Å². The second-order valence-corrected chi connectivity index (χ2v) is 1.84. The molecule has 0 bridgehead atoms. The minimum absolute atomic E-state index is 0.116. The van der Waals surface area contributed by atoms with E-state index < -0.39 is 11.2 Å². The zero-order chi connectivity index (χ0) is 6.85. The lowest BCUT2D eigenvalue weighted by Gasteiger charge is -1.87. The molecule has 0 unspecified atom stereocenters. The van der Waals surface area contributed by atoms with E-state index in [0.717, 1.165) is 12.5 Å². The van der Waals surface area contributed by atoms with Gasteiger partial charge in [-0.15, -0.1) is 0 Å². The van der Waals surface area contributed by atoms with Crippen molar-refractivity contribution >= 4 is 11.6 Å². The van der Waals surface area contributed by atoms with E-state index in [9.17, 15) is 4.79 Å². The molecule has 0 atom stereocenters. The SMILES string of the molecule is O=c1c(O)cocc1Cl. The Balaban J connectivity index is 3.43. The fraction of sp³-hybridized carbons (Fsp3) is 0. The zero-order valence-corrected chi connectivity index (χ0v) is 5.05. The quantitative estimate of drug-likeness (QED) is 0.594. The Morgan fingerprint density at radius 3 is 2.67 bits per heavy atom. The first-order chi connectivity index (χ1) is 4.22. The summed E-state index contributed by atoms with van der Waals surface area (Å²) < 4.78 is 4.44. The Labute approximate surface area is 55.5 Å². The predicted octanol–water partition coefficient (Wildman–Crippen LogP) is 0.999. The smallest absolute Gasteiger partial charge is 0.245 e. The van der Waals surface area contributed by atoms with Gasteiger partial charge in [0.25, 0.3) is 0 Å². The first-order valence-electron chi connectivity index (χ1n) is 2.17. The maximum atomic E-state index is 10.5. The summed E-state index contributed by atoms with van der Waals surface area (Å²) in [4.78, 5) is 10.5. The molecule has 1 aromatic rings. The van der Waals surface area contributed by atoms with Gasteiger partial charge in [-0.25, -0.2) is 0 Å². The highest BCUT2D eigenvalue weighted by molar-refractivity contribution is 6.30. The number of rotatable bonds is 0. The molecule has 0 amide bonds. The van der Waals surface area contributed by atoms with Gasteiger partial charge in [0.1, 0.15) is 17.5 Å². The number of halogens is 1. The van der Waals surface area contributed by atoms with Gasteiger partial charge in [0.2, 0.25) is 11.2 Å². The molecule has 9 heavy (non-hydrogen) atoms. The van der Waals surface area contributed by atoms with E-state index in [4.69, 9.17) is 16.7 Å². The first-order valence-corrected chi connectivity index (χ1v) is 2.54. The van der Waals surface area contributed by atoms with Gasteiger partial charge >= 0.3 is 0 Å². The van der Waals surface area contributed by atoms with Crippen LogP contribution in [0.4, 0.5) is 0 Å². The Morgan fingerprint density at radius 2 is 2.22 bits per heavy atom. The molecule has 0 aromatic carbocycles. The van der Waals surface area contributed by atoms with Crippen LogP contribution < -0.4 is 5.43 Å². The van der Waals surface area contributed by atoms with Crippen LogP contribution in [-0.2, 0) is 0 Å². The molecule has 1 rings (SSSR count). The summed E-state index contributed by atoms with van der Waals surface area (Å²) in [5.41, 5.74) is -0.608. The third-order valence-electron chi connectivity index (χ3n) is 0.801. The van der Waals surface area contributed by atoms with E-state index in [1.165, 1.54) is 0 Å². The highest BCUT2D eigenvalue weighted by Crippen LogP contribution is 2.05. The van der Waals surface area contributed by atoms with Crippen LogP contribution in [0.5, 0.6) is 5.75 Å². The molecule has 0 radical (unpaired) electrons. The van der Waals surface area contributed by atoms with E-state index in [1.807, 2.05) is 0 Å². The number of hydrogen-bond donors (Lipinski definition) is 1. The summed E-state index contributed by atoms with van der Waals surface area (Å²) in [5, 5.41) is 8.49. The lowest BCUT2D eigenvalue weighted by molar-refractivity contribution is 0.429. The molecule has 1 N–H and O–H groups in total. The topological polar surface area (TPSA) is 50.4 Å². The third-order valence-corrected chi connectivity index (χ3v) is 1.06. The van der Waals surface area contributed by atoms with E-state index in [2.05, 4.69) is 4.42 Å². The highest BCUT2D eigenvalue weighted by atomic mass is 35.5. The molecule has 0 fully saturated rings. The predicted molar refractivity (Wildman–Crippen MR) is 31.7 cm³/mol. The normalized spacial score (nSPS) is 9.44. The average Bonchev–Trinajstić information content (AvgIpc) is 1.83. The Bertz CT molecular complexity index is 242. The standard InChI is InChI=1S/C5H3ClO3/c6-3-1-9-2-4(7)5(3)8/h1-2,7H. The largest absolute Gasteiger partial charge is 0.502 e. The molecule has 48 valence electrons. The summed E-state index contributed by atoms with van der Waals surface area (Å²) in [6.45, 7) is 0. The summed E-state index contributed by atoms with van der Waals surface area (Å²) in [5.74, 6) is -0.470. The van der Waals surface area contributed by atoms with Gasteiger partial charge in [0, 0.05) is 0 Å². The lowest BCUT2D eigenvalue weighted by Crippen LogP contribution is -1.97. The maximum Gasteiger partial charge on any atom is 0.245 e. The molecule has 0 aliphatic carbocycles. The van der Waals surface area contributed by atoms with E-state index >= 15 is 0 Å². The van der Waals surface area contributed by atoms with E-state index in [-0.39, 0.29) is 5.02 Å². The van der Waals surface area contributed by atoms with Crippen molar-refractivity contribution in [3.05, 3.63) is 27.8 Å². The monoisotopic (exact) mass is 146 g/mol. The van der Waals surface area contributed by atoms with Crippen LogP contribution in [0, 0.1) is 0 Å². The van der Waals surface area contributed by atoms with Crippen LogP contribution in [0.25, 0.3) is 0 Å². The third kappa shape index (κ3) is 1.05. The number of aromatic hydroxyl groups is 1. The van der Waals surface area contributed by atoms with Gasteiger partial charge in [-0.05, 0) is 0 Å².